The van der Waals surface area contributed by atoms with Crippen LogP contribution < -0.4 is 11.1 Å². The minimum absolute atomic E-state index is 0.0857. The first-order chi connectivity index (χ1) is 9.78. The summed E-state index contributed by atoms with van der Waals surface area (Å²) in [6.07, 6.45) is 5.64. The number of aromatic nitrogens is 2. The highest BCUT2D eigenvalue weighted by Gasteiger charge is 2.31. The molecule has 0 bridgehead atoms. The number of nitrogens with one attached hydrogen (secondary N) is 1. The van der Waals surface area contributed by atoms with Crippen molar-refractivity contribution in [1.29, 1.82) is 0 Å². The molecule has 104 valence electrons. The van der Waals surface area contributed by atoms with E-state index in [0.29, 0.717) is 18.0 Å². The molecular weight excluding hydrogens is 252 g/mol. The van der Waals surface area contributed by atoms with Crippen LogP contribution in [-0.2, 0) is 0 Å². The van der Waals surface area contributed by atoms with Crippen molar-refractivity contribution in [3.63, 3.8) is 0 Å². The van der Waals surface area contributed by atoms with Gasteiger partial charge >= 0.3 is 0 Å². The van der Waals surface area contributed by atoms with Gasteiger partial charge in [0.15, 0.2) is 0 Å². The van der Waals surface area contributed by atoms with E-state index in [0.717, 1.165) is 18.5 Å². The van der Waals surface area contributed by atoms with Crippen LogP contribution in [0.4, 0.5) is 0 Å². The summed E-state index contributed by atoms with van der Waals surface area (Å²) < 4.78 is 1.70. The Morgan fingerprint density at radius 3 is 2.80 bits per heavy atom. The molecule has 0 radical (unpaired) electrons. The summed E-state index contributed by atoms with van der Waals surface area (Å²) in [5.74, 6) is 0.447. The Morgan fingerprint density at radius 2 is 2.15 bits per heavy atom. The van der Waals surface area contributed by atoms with Crippen molar-refractivity contribution in [1.82, 2.24) is 15.1 Å². The SMILES string of the molecule is NCC(NC(=O)c1cnn(-c2ccccc2)c1)C1CC1. The van der Waals surface area contributed by atoms with E-state index in [-0.39, 0.29) is 11.9 Å². The molecule has 1 saturated carbocycles. The van der Waals surface area contributed by atoms with E-state index in [2.05, 4.69) is 10.4 Å². The standard InChI is InChI=1S/C15H18N4O/c16-8-14(11-6-7-11)18-15(20)12-9-17-19(10-12)13-4-2-1-3-5-13/h1-5,9-11,14H,6-8,16H2,(H,18,20). The predicted octanol–water partition coefficient (Wildman–Crippen LogP) is 1.34. The lowest BCUT2D eigenvalue weighted by molar-refractivity contribution is 0.0933. The van der Waals surface area contributed by atoms with Gasteiger partial charge in [0, 0.05) is 18.8 Å². The molecule has 5 nitrogen and oxygen atoms in total. The molecule has 1 aromatic heterocycles. The molecule has 0 saturated heterocycles. The molecule has 0 aliphatic heterocycles. The minimum atomic E-state index is -0.102. The molecule has 3 rings (SSSR count). The zero-order valence-corrected chi connectivity index (χ0v) is 11.2. The molecule has 1 amide bonds. The number of rotatable bonds is 5. The van der Waals surface area contributed by atoms with Crippen LogP contribution in [0.2, 0.25) is 0 Å². The van der Waals surface area contributed by atoms with Crippen molar-refractivity contribution in [2.45, 2.75) is 18.9 Å². The summed E-state index contributed by atoms with van der Waals surface area (Å²) >= 11 is 0. The van der Waals surface area contributed by atoms with E-state index in [1.54, 1.807) is 17.1 Å². The summed E-state index contributed by atoms with van der Waals surface area (Å²) in [6, 6.07) is 9.80. The Morgan fingerprint density at radius 1 is 1.40 bits per heavy atom. The van der Waals surface area contributed by atoms with Gasteiger partial charge in [-0.1, -0.05) is 18.2 Å². The van der Waals surface area contributed by atoms with Gasteiger partial charge in [-0.05, 0) is 30.9 Å². The molecule has 1 aliphatic rings. The summed E-state index contributed by atoms with van der Waals surface area (Å²) in [6.45, 7) is 0.489. The van der Waals surface area contributed by atoms with Crippen molar-refractivity contribution >= 4 is 5.91 Å². The maximum absolute atomic E-state index is 12.2. The Hall–Kier alpha value is -2.14. The van der Waals surface area contributed by atoms with Crippen molar-refractivity contribution in [2.24, 2.45) is 11.7 Å². The maximum atomic E-state index is 12.2. The fourth-order valence-electron chi connectivity index (χ4n) is 2.28. The molecular formula is C15H18N4O. The summed E-state index contributed by atoms with van der Waals surface area (Å²) in [5, 5.41) is 7.22. The van der Waals surface area contributed by atoms with Crippen molar-refractivity contribution in [3.05, 3.63) is 48.3 Å². The molecule has 1 fully saturated rings. The fourth-order valence-corrected chi connectivity index (χ4v) is 2.28. The van der Waals surface area contributed by atoms with Crippen LogP contribution in [0.3, 0.4) is 0 Å². The number of carbonyl (C=O) groups excluding carboxylic acids is 1. The van der Waals surface area contributed by atoms with E-state index in [1.165, 1.54) is 0 Å². The quantitative estimate of drug-likeness (QED) is 0.861. The van der Waals surface area contributed by atoms with Gasteiger partial charge in [-0.2, -0.15) is 5.10 Å². The van der Waals surface area contributed by atoms with Gasteiger partial charge in [-0.25, -0.2) is 4.68 Å². The highest BCUT2D eigenvalue weighted by atomic mass is 16.1. The average Bonchev–Trinajstić information content (AvgIpc) is 3.21. The second kappa shape index (κ2) is 5.46. The van der Waals surface area contributed by atoms with Gasteiger partial charge in [0.25, 0.3) is 5.91 Å². The Balaban J connectivity index is 1.71. The molecule has 5 heteroatoms. The number of carbonyl (C=O) groups is 1. The van der Waals surface area contributed by atoms with Crippen molar-refractivity contribution in [2.75, 3.05) is 6.54 Å². The molecule has 2 aromatic rings. The molecule has 1 aliphatic carbocycles. The molecule has 0 spiro atoms. The summed E-state index contributed by atoms with van der Waals surface area (Å²) in [5.41, 5.74) is 7.20. The van der Waals surface area contributed by atoms with Crippen LogP contribution in [0, 0.1) is 5.92 Å². The zero-order valence-electron chi connectivity index (χ0n) is 11.2. The van der Waals surface area contributed by atoms with Crippen molar-refractivity contribution in [3.8, 4) is 5.69 Å². The summed E-state index contributed by atoms with van der Waals surface area (Å²) in [7, 11) is 0. The predicted molar refractivity (Wildman–Crippen MR) is 76.6 cm³/mol. The van der Waals surface area contributed by atoms with Gasteiger partial charge in [-0.15, -0.1) is 0 Å². The Kier molecular flexibility index (Phi) is 3.52. The minimum Gasteiger partial charge on any atom is -0.348 e. The molecule has 1 aromatic carbocycles. The number of hydrogen-bond acceptors (Lipinski definition) is 3. The third-order valence-electron chi connectivity index (χ3n) is 3.63. The highest BCUT2D eigenvalue weighted by molar-refractivity contribution is 5.94. The van der Waals surface area contributed by atoms with Gasteiger partial charge in [0.2, 0.25) is 0 Å². The van der Waals surface area contributed by atoms with Gasteiger partial charge in [0.05, 0.1) is 17.4 Å². The second-order valence-electron chi connectivity index (χ2n) is 5.16. The van der Waals surface area contributed by atoms with Crippen LogP contribution in [0.25, 0.3) is 5.69 Å². The highest BCUT2D eigenvalue weighted by Crippen LogP contribution is 2.32. The molecule has 1 heterocycles. The third kappa shape index (κ3) is 2.72. The maximum Gasteiger partial charge on any atom is 0.254 e. The Bertz CT molecular complexity index is 589. The van der Waals surface area contributed by atoms with Crippen LogP contribution in [0.1, 0.15) is 23.2 Å². The number of para-hydroxylation sites is 1. The lowest BCUT2D eigenvalue weighted by Gasteiger charge is -2.14. The topological polar surface area (TPSA) is 72.9 Å². The lowest BCUT2D eigenvalue weighted by atomic mass is 10.2. The fraction of sp³-hybridized carbons (Fsp3) is 0.333. The third-order valence-corrected chi connectivity index (χ3v) is 3.63. The van der Waals surface area contributed by atoms with Crippen LogP contribution >= 0.6 is 0 Å². The molecule has 1 atom stereocenters. The van der Waals surface area contributed by atoms with E-state index in [1.807, 2.05) is 30.3 Å². The molecule has 3 N–H and O–H groups in total. The number of nitrogens with zero attached hydrogens (tertiary/aromatic N) is 2. The van der Waals surface area contributed by atoms with E-state index < -0.39 is 0 Å². The first-order valence-electron chi connectivity index (χ1n) is 6.89. The zero-order chi connectivity index (χ0) is 13.9. The van der Waals surface area contributed by atoms with Crippen LogP contribution in [-0.4, -0.2) is 28.3 Å². The van der Waals surface area contributed by atoms with Crippen molar-refractivity contribution < 1.29 is 4.79 Å². The lowest BCUT2D eigenvalue weighted by Crippen LogP contribution is -2.41. The number of amides is 1. The van der Waals surface area contributed by atoms with Gasteiger partial charge in [0.1, 0.15) is 0 Å². The molecule has 20 heavy (non-hydrogen) atoms. The van der Waals surface area contributed by atoms with Crippen LogP contribution in [0.5, 0.6) is 0 Å². The average molecular weight is 270 g/mol. The number of benzene rings is 1. The smallest absolute Gasteiger partial charge is 0.254 e. The van der Waals surface area contributed by atoms with E-state index >= 15 is 0 Å². The van der Waals surface area contributed by atoms with Gasteiger partial charge in [-0.3, -0.25) is 4.79 Å². The number of hydrogen-bond donors (Lipinski definition) is 2. The summed E-state index contributed by atoms with van der Waals surface area (Å²) in [4.78, 5) is 12.2. The largest absolute Gasteiger partial charge is 0.348 e. The van der Waals surface area contributed by atoms with E-state index in [4.69, 9.17) is 5.73 Å². The molecule has 1 unspecified atom stereocenters. The van der Waals surface area contributed by atoms with Gasteiger partial charge < -0.3 is 11.1 Å². The Labute approximate surface area is 117 Å². The first kappa shape index (κ1) is 12.9. The second-order valence-corrected chi connectivity index (χ2v) is 5.16. The van der Waals surface area contributed by atoms with Crippen LogP contribution in [0.15, 0.2) is 42.7 Å². The monoisotopic (exact) mass is 270 g/mol. The number of nitrogens with two attached hydrogens (primary N) is 1. The van der Waals surface area contributed by atoms with E-state index in [9.17, 15) is 4.79 Å². The normalized spacial score (nSPS) is 15.8. The first-order valence-corrected chi connectivity index (χ1v) is 6.89.